The first kappa shape index (κ1) is 17.0. The van der Waals surface area contributed by atoms with E-state index < -0.39 is 0 Å². The van der Waals surface area contributed by atoms with E-state index in [1.54, 1.807) is 0 Å². The Morgan fingerprint density at radius 3 is 2.10 bits per heavy atom. The van der Waals surface area contributed by atoms with Gasteiger partial charge in [0.25, 0.3) is 0 Å². The Morgan fingerprint density at radius 2 is 1.55 bits per heavy atom. The number of rotatable bonds is 6. The van der Waals surface area contributed by atoms with Crippen LogP contribution in [0.2, 0.25) is 0 Å². The van der Waals surface area contributed by atoms with Gasteiger partial charge in [0.2, 0.25) is 0 Å². The van der Waals surface area contributed by atoms with Gasteiger partial charge in [-0.1, -0.05) is 20.8 Å². The van der Waals surface area contributed by atoms with Crippen molar-refractivity contribution < 1.29 is 19.1 Å². The van der Waals surface area contributed by atoms with Crippen LogP contribution in [0.1, 0.15) is 66.2 Å². The Morgan fingerprint density at radius 1 is 1.00 bits per heavy atom. The molecule has 1 atom stereocenters. The molecule has 0 amide bonds. The van der Waals surface area contributed by atoms with Crippen molar-refractivity contribution >= 4 is 11.9 Å². The summed E-state index contributed by atoms with van der Waals surface area (Å²) < 4.78 is 10.6. The zero-order chi connectivity index (χ0) is 15.1. The lowest BCUT2D eigenvalue weighted by atomic mass is 9.89. The van der Waals surface area contributed by atoms with Gasteiger partial charge in [-0.25, -0.2) is 0 Å². The van der Waals surface area contributed by atoms with Crippen molar-refractivity contribution in [3.8, 4) is 0 Å². The van der Waals surface area contributed by atoms with Crippen molar-refractivity contribution in [3.63, 3.8) is 0 Å². The normalized spacial score (nSPS) is 24.2. The number of ether oxygens (including phenoxy) is 2. The van der Waals surface area contributed by atoms with E-state index in [2.05, 4.69) is 6.92 Å². The van der Waals surface area contributed by atoms with E-state index in [-0.39, 0.29) is 42.9 Å². The van der Waals surface area contributed by atoms with Gasteiger partial charge in [-0.15, -0.1) is 0 Å². The van der Waals surface area contributed by atoms with E-state index in [0.717, 1.165) is 31.6 Å². The third-order valence-electron chi connectivity index (χ3n) is 4.05. The van der Waals surface area contributed by atoms with Crippen molar-refractivity contribution in [2.45, 2.75) is 78.4 Å². The molecule has 0 aromatic rings. The smallest absolute Gasteiger partial charge is 0.306 e. The molecule has 4 nitrogen and oxygen atoms in total. The Bertz CT molecular complexity index is 316. The van der Waals surface area contributed by atoms with Crippen LogP contribution in [0, 0.1) is 11.8 Å². The van der Waals surface area contributed by atoms with Crippen molar-refractivity contribution in [1.29, 1.82) is 0 Å². The molecule has 0 bridgehead atoms. The summed E-state index contributed by atoms with van der Waals surface area (Å²) in [4.78, 5) is 23.3. The predicted octanol–water partition coefficient (Wildman–Crippen LogP) is 3.48. The van der Waals surface area contributed by atoms with Crippen molar-refractivity contribution in [3.05, 3.63) is 0 Å². The standard InChI is InChI=1S/C16H28O4/c1-11(2)13(4)19-15(17)9-10-16(18)20-14-7-5-12(3)6-8-14/h11-14H,5-10H2,1-4H3. The minimum absolute atomic E-state index is 0.0457. The first-order valence-electron chi connectivity index (χ1n) is 7.77. The Kier molecular flexibility index (Phi) is 7.03. The number of carbonyl (C=O) groups excluding carboxylic acids is 2. The maximum absolute atomic E-state index is 11.7. The van der Waals surface area contributed by atoms with Crippen LogP contribution < -0.4 is 0 Å². The van der Waals surface area contributed by atoms with E-state index in [1.807, 2.05) is 20.8 Å². The molecule has 0 spiro atoms. The molecule has 1 saturated carbocycles. The fourth-order valence-electron chi connectivity index (χ4n) is 2.20. The number of hydrogen-bond acceptors (Lipinski definition) is 4. The summed E-state index contributed by atoms with van der Waals surface area (Å²) in [5, 5.41) is 0. The van der Waals surface area contributed by atoms with Gasteiger partial charge in [0.1, 0.15) is 12.2 Å². The summed E-state index contributed by atoms with van der Waals surface area (Å²) in [6, 6.07) is 0. The molecule has 1 rings (SSSR count). The van der Waals surface area contributed by atoms with E-state index in [4.69, 9.17) is 9.47 Å². The molecule has 0 aromatic heterocycles. The Hall–Kier alpha value is -1.06. The monoisotopic (exact) mass is 284 g/mol. The van der Waals surface area contributed by atoms with Gasteiger partial charge in [0, 0.05) is 0 Å². The average Bonchev–Trinajstić information content (AvgIpc) is 2.39. The molecule has 1 fully saturated rings. The fraction of sp³-hybridized carbons (Fsp3) is 0.875. The highest BCUT2D eigenvalue weighted by atomic mass is 16.5. The topological polar surface area (TPSA) is 52.6 Å². The summed E-state index contributed by atoms with van der Waals surface area (Å²) in [5.74, 6) is 0.423. The highest BCUT2D eigenvalue weighted by Gasteiger charge is 2.22. The van der Waals surface area contributed by atoms with Gasteiger partial charge >= 0.3 is 11.9 Å². The van der Waals surface area contributed by atoms with Gasteiger partial charge in [0.15, 0.2) is 0 Å². The number of carbonyl (C=O) groups is 2. The highest BCUT2D eigenvalue weighted by Crippen LogP contribution is 2.25. The van der Waals surface area contributed by atoms with Gasteiger partial charge in [-0.05, 0) is 44.4 Å². The van der Waals surface area contributed by atoms with Gasteiger partial charge in [0.05, 0.1) is 12.8 Å². The zero-order valence-electron chi connectivity index (χ0n) is 13.2. The summed E-state index contributed by atoms with van der Waals surface area (Å²) in [6.07, 6.45) is 4.29. The largest absolute Gasteiger partial charge is 0.462 e. The first-order chi connectivity index (χ1) is 9.38. The molecular formula is C16H28O4. The minimum atomic E-state index is -0.319. The van der Waals surface area contributed by atoms with Crippen molar-refractivity contribution in [2.75, 3.05) is 0 Å². The van der Waals surface area contributed by atoms with Crippen molar-refractivity contribution in [2.24, 2.45) is 11.8 Å². The summed E-state index contributed by atoms with van der Waals surface area (Å²) in [7, 11) is 0. The van der Waals surface area contributed by atoms with Crippen molar-refractivity contribution in [1.82, 2.24) is 0 Å². The molecule has 0 heterocycles. The second-order valence-electron chi connectivity index (χ2n) is 6.31. The lowest BCUT2D eigenvalue weighted by Crippen LogP contribution is -2.24. The second kappa shape index (κ2) is 8.28. The lowest BCUT2D eigenvalue weighted by molar-refractivity contribution is -0.157. The Labute approximate surface area is 122 Å². The molecule has 0 aliphatic heterocycles. The Balaban J connectivity index is 2.18. The first-order valence-corrected chi connectivity index (χ1v) is 7.77. The molecule has 1 unspecified atom stereocenters. The SMILES string of the molecule is CC1CCC(OC(=O)CCC(=O)OC(C)C(C)C)CC1. The molecule has 0 saturated heterocycles. The molecule has 0 N–H and O–H groups in total. The molecule has 0 radical (unpaired) electrons. The third kappa shape index (κ3) is 6.40. The second-order valence-corrected chi connectivity index (χ2v) is 6.31. The average molecular weight is 284 g/mol. The molecule has 116 valence electrons. The van der Waals surface area contributed by atoms with E-state index >= 15 is 0 Å². The third-order valence-corrected chi connectivity index (χ3v) is 4.05. The van der Waals surface area contributed by atoms with Crippen LogP contribution in [0.4, 0.5) is 0 Å². The molecule has 1 aliphatic rings. The van der Waals surface area contributed by atoms with E-state index in [0.29, 0.717) is 0 Å². The minimum Gasteiger partial charge on any atom is -0.462 e. The van der Waals surface area contributed by atoms with Crippen LogP contribution in [0.3, 0.4) is 0 Å². The maximum atomic E-state index is 11.7. The van der Waals surface area contributed by atoms with E-state index in [9.17, 15) is 9.59 Å². The van der Waals surface area contributed by atoms with E-state index in [1.165, 1.54) is 0 Å². The van der Waals surface area contributed by atoms with Crippen LogP contribution in [-0.2, 0) is 19.1 Å². The number of esters is 2. The number of hydrogen-bond donors (Lipinski definition) is 0. The van der Waals surface area contributed by atoms with Gasteiger partial charge in [-0.2, -0.15) is 0 Å². The lowest BCUT2D eigenvalue weighted by Gasteiger charge is -2.26. The maximum Gasteiger partial charge on any atom is 0.306 e. The van der Waals surface area contributed by atoms with Gasteiger partial charge < -0.3 is 9.47 Å². The molecule has 20 heavy (non-hydrogen) atoms. The van der Waals surface area contributed by atoms with Gasteiger partial charge in [-0.3, -0.25) is 9.59 Å². The van der Waals surface area contributed by atoms with Crippen LogP contribution in [0.25, 0.3) is 0 Å². The fourth-order valence-corrected chi connectivity index (χ4v) is 2.20. The van der Waals surface area contributed by atoms with Crippen LogP contribution in [-0.4, -0.2) is 24.1 Å². The summed E-state index contributed by atoms with van der Waals surface area (Å²) in [5.41, 5.74) is 0. The quantitative estimate of drug-likeness (QED) is 0.701. The van der Waals surface area contributed by atoms with Crippen LogP contribution in [0.5, 0.6) is 0 Å². The summed E-state index contributed by atoms with van der Waals surface area (Å²) >= 11 is 0. The van der Waals surface area contributed by atoms with Crippen LogP contribution >= 0.6 is 0 Å². The zero-order valence-corrected chi connectivity index (χ0v) is 13.2. The highest BCUT2D eigenvalue weighted by molar-refractivity contribution is 5.77. The summed E-state index contributed by atoms with van der Waals surface area (Å²) in [6.45, 7) is 8.08. The predicted molar refractivity (Wildman–Crippen MR) is 77.1 cm³/mol. The molecule has 4 heteroatoms. The molecule has 0 aromatic carbocycles. The molecular weight excluding hydrogens is 256 g/mol. The van der Waals surface area contributed by atoms with Crippen LogP contribution in [0.15, 0.2) is 0 Å². The molecule has 1 aliphatic carbocycles.